The second kappa shape index (κ2) is 6.33. The van der Waals surface area contributed by atoms with Crippen LogP contribution in [0.15, 0.2) is 24.3 Å². The number of ketones is 1. The number of benzene rings is 1. The molecule has 0 saturated heterocycles. The van der Waals surface area contributed by atoms with Crippen molar-refractivity contribution in [3.8, 4) is 5.75 Å². The molecule has 5 nitrogen and oxygen atoms in total. The Kier molecular flexibility index (Phi) is 5.06. The van der Waals surface area contributed by atoms with Gasteiger partial charge in [-0.05, 0) is 31.2 Å². The van der Waals surface area contributed by atoms with Gasteiger partial charge in [0.05, 0.1) is 7.11 Å². The number of carbonyl (C=O) groups is 2. The third-order valence-corrected chi connectivity index (χ3v) is 2.64. The molecular weight excluding hydrogens is 248 g/mol. The molecule has 0 saturated carbocycles. The molecule has 0 fully saturated rings. The molecule has 0 heterocycles. The average Bonchev–Trinajstić information content (AvgIpc) is 2.43. The Morgan fingerprint density at radius 3 is 2.32 bits per heavy atom. The number of carbonyl (C=O) groups excluding carboxylic acids is 2. The molecule has 19 heavy (non-hydrogen) atoms. The van der Waals surface area contributed by atoms with Crippen molar-refractivity contribution >= 4 is 11.8 Å². The van der Waals surface area contributed by atoms with Crippen molar-refractivity contribution in [2.45, 2.75) is 25.9 Å². The summed E-state index contributed by atoms with van der Waals surface area (Å²) in [6.07, 6.45) is 0.442. The number of esters is 1. The fraction of sp³-hybridized carbons (Fsp3) is 0.429. The average molecular weight is 266 g/mol. The molecule has 0 aliphatic heterocycles. The zero-order valence-corrected chi connectivity index (χ0v) is 11.3. The highest BCUT2D eigenvalue weighted by Crippen LogP contribution is 2.16. The van der Waals surface area contributed by atoms with Gasteiger partial charge in [0.2, 0.25) is 0 Å². The molecule has 5 heteroatoms. The van der Waals surface area contributed by atoms with E-state index in [2.05, 4.69) is 4.74 Å². The van der Waals surface area contributed by atoms with E-state index in [1.165, 1.54) is 14.0 Å². The standard InChI is InChI=1S/C14H18O5/c1-4-12(15)10-5-7-11(8-6-10)19-9-14(2,17)13(16)18-3/h5-8,17H,4,9H2,1-3H3. The predicted octanol–water partition coefficient (Wildman–Crippen LogP) is 1.58. The van der Waals surface area contributed by atoms with Gasteiger partial charge in [-0.1, -0.05) is 6.92 Å². The first-order valence-corrected chi connectivity index (χ1v) is 5.97. The molecule has 0 amide bonds. The monoisotopic (exact) mass is 266 g/mol. The minimum absolute atomic E-state index is 0.0492. The maximum Gasteiger partial charge on any atom is 0.341 e. The van der Waals surface area contributed by atoms with E-state index in [-0.39, 0.29) is 12.4 Å². The molecule has 1 atom stereocenters. The van der Waals surface area contributed by atoms with Crippen LogP contribution in [0.4, 0.5) is 0 Å². The molecule has 1 unspecified atom stereocenters. The molecule has 1 N–H and O–H groups in total. The second-order valence-corrected chi connectivity index (χ2v) is 4.36. The zero-order chi connectivity index (χ0) is 14.5. The van der Waals surface area contributed by atoms with E-state index < -0.39 is 11.6 Å². The molecule has 0 radical (unpaired) electrons. The molecule has 0 aromatic heterocycles. The van der Waals surface area contributed by atoms with E-state index in [9.17, 15) is 14.7 Å². The van der Waals surface area contributed by atoms with Crippen LogP contribution in [0.25, 0.3) is 0 Å². The van der Waals surface area contributed by atoms with Gasteiger partial charge in [0, 0.05) is 12.0 Å². The third-order valence-electron chi connectivity index (χ3n) is 2.64. The van der Waals surface area contributed by atoms with E-state index in [1.807, 2.05) is 0 Å². The fourth-order valence-electron chi connectivity index (χ4n) is 1.44. The molecule has 1 aromatic carbocycles. The SMILES string of the molecule is CCC(=O)c1ccc(OCC(C)(O)C(=O)OC)cc1. The van der Waals surface area contributed by atoms with Gasteiger partial charge in [-0.25, -0.2) is 4.79 Å². The van der Waals surface area contributed by atoms with Crippen molar-refractivity contribution in [2.24, 2.45) is 0 Å². The maximum atomic E-state index is 11.4. The van der Waals surface area contributed by atoms with E-state index >= 15 is 0 Å². The largest absolute Gasteiger partial charge is 0.490 e. The van der Waals surface area contributed by atoms with Gasteiger partial charge in [0.1, 0.15) is 12.4 Å². The van der Waals surface area contributed by atoms with Gasteiger partial charge in [-0.2, -0.15) is 0 Å². The molecule has 104 valence electrons. The number of Topliss-reactive ketones (excluding diaryl/α,β-unsaturated/α-hetero) is 1. The minimum atomic E-state index is -1.70. The quantitative estimate of drug-likeness (QED) is 0.625. The van der Waals surface area contributed by atoms with Gasteiger partial charge in [-0.15, -0.1) is 0 Å². The lowest BCUT2D eigenvalue weighted by Crippen LogP contribution is -2.42. The van der Waals surface area contributed by atoms with E-state index in [0.29, 0.717) is 17.7 Å². The van der Waals surface area contributed by atoms with Crippen LogP contribution in [0.3, 0.4) is 0 Å². The first-order valence-electron chi connectivity index (χ1n) is 5.97. The second-order valence-electron chi connectivity index (χ2n) is 4.36. The smallest absolute Gasteiger partial charge is 0.341 e. The van der Waals surface area contributed by atoms with Gasteiger partial charge < -0.3 is 14.6 Å². The van der Waals surface area contributed by atoms with Crippen molar-refractivity contribution < 1.29 is 24.2 Å². The topological polar surface area (TPSA) is 72.8 Å². The number of aliphatic hydroxyl groups is 1. The predicted molar refractivity (Wildman–Crippen MR) is 69.2 cm³/mol. The van der Waals surface area contributed by atoms with Gasteiger partial charge in [-0.3, -0.25) is 4.79 Å². The molecule has 1 aromatic rings. The van der Waals surface area contributed by atoms with Crippen LogP contribution in [0.1, 0.15) is 30.6 Å². The van der Waals surface area contributed by atoms with E-state index in [4.69, 9.17) is 4.74 Å². The molecule has 0 bridgehead atoms. The van der Waals surface area contributed by atoms with E-state index in [1.54, 1.807) is 31.2 Å². The Balaban J connectivity index is 2.64. The lowest BCUT2D eigenvalue weighted by atomic mass is 10.1. The summed E-state index contributed by atoms with van der Waals surface area (Å²) in [6, 6.07) is 6.54. The lowest BCUT2D eigenvalue weighted by molar-refractivity contribution is -0.163. The third kappa shape index (κ3) is 4.06. The first-order chi connectivity index (χ1) is 8.90. The Bertz CT molecular complexity index is 447. The van der Waals surface area contributed by atoms with Crippen molar-refractivity contribution in [2.75, 3.05) is 13.7 Å². The highest BCUT2D eigenvalue weighted by atomic mass is 16.6. The molecule has 0 aliphatic rings. The maximum absolute atomic E-state index is 11.4. The summed E-state index contributed by atoms with van der Waals surface area (Å²) in [5.41, 5.74) is -1.10. The number of hydrogen-bond donors (Lipinski definition) is 1. The van der Waals surface area contributed by atoms with Crippen molar-refractivity contribution in [3.05, 3.63) is 29.8 Å². The summed E-state index contributed by atoms with van der Waals surface area (Å²) < 4.78 is 9.75. The van der Waals surface area contributed by atoms with Crippen molar-refractivity contribution in [1.29, 1.82) is 0 Å². The molecular formula is C14H18O5. The van der Waals surface area contributed by atoms with Crippen LogP contribution in [0.2, 0.25) is 0 Å². The highest BCUT2D eigenvalue weighted by Gasteiger charge is 2.32. The summed E-state index contributed by atoms with van der Waals surface area (Å²) in [4.78, 5) is 22.7. The molecule has 1 rings (SSSR count). The van der Waals surface area contributed by atoms with Crippen molar-refractivity contribution in [3.63, 3.8) is 0 Å². The van der Waals surface area contributed by atoms with Crippen LogP contribution in [-0.4, -0.2) is 36.2 Å². The summed E-state index contributed by atoms with van der Waals surface area (Å²) in [7, 11) is 1.20. The van der Waals surface area contributed by atoms with Gasteiger partial charge in [0.15, 0.2) is 11.4 Å². The number of ether oxygens (including phenoxy) is 2. The Labute approximate surface area is 112 Å². The Morgan fingerprint density at radius 1 is 1.26 bits per heavy atom. The Morgan fingerprint density at radius 2 is 1.84 bits per heavy atom. The fourth-order valence-corrected chi connectivity index (χ4v) is 1.44. The van der Waals surface area contributed by atoms with Crippen LogP contribution in [0, 0.1) is 0 Å². The number of methoxy groups -OCH3 is 1. The highest BCUT2D eigenvalue weighted by molar-refractivity contribution is 5.95. The van der Waals surface area contributed by atoms with Crippen LogP contribution < -0.4 is 4.74 Å². The van der Waals surface area contributed by atoms with E-state index in [0.717, 1.165) is 0 Å². The molecule has 0 aliphatic carbocycles. The van der Waals surface area contributed by atoms with Crippen LogP contribution in [0.5, 0.6) is 5.75 Å². The van der Waals surface area contributed by atoms with Gasteiger partial charge in [0.25, 0.3) is 0 Å². The number of rotatable bonds is 6. The zero-order valence-electron chi connectivity index (χ0n) is 11.3. The summed E-state index contributed by atoms with van der Waals surface area (Å²) in [5, 5.41) is 9.77. The summed E-state index contributed by atoms with van der Waals surface area (Å²) in [5.74, 6) is -0.241. The first kappa shape index (κ1) is 15.2. The molecule has 0 spiro atoms. The minimum Gasteiger partial charge on any atom is -0.490 e. The Hall–Kier alpha value is -1.88. The van der Waals surface area contributed by atoms with Crippen molar-refractivity contribution in [1.82, 2.24) is 0 Å². The summed E-state index contributed by atoms with van der Waals surface area (Å²) in [6.45, 7) is 2.88. The van der Waals surface area contributed by atoms with Gasteiger partial charge >= 0.3 is 5.97 Å². The van der Waals surface area contributed by atoms with Crippen LogP contribution in [-0.2, 0) is 9.53 Å². The van der Waals surface area contributed by atoms with Crippen LogP contribution >= 0.6 is 0 Å². The normalized spacial score (nSPS) is 13.5. The summed E-state index contributed by atoms with van der Waals surface area (Å²) >= 11 is 0. The number of hydrogen-bond acceptors (Lipinski definition) is 5. The lowest BCUT2D eigenvalue weighted by Gasteiger charge is -2.20.